The molecule has 0 fully saturated rings. The van der Waals surface area contributed by atoms with Gasteiger partial charge in [0, 0.05) is 5.66 Å². The summed E-state index contributed by atoms with van der Waals surface area (Å²) in [7, 11) is 2.96. The van der Waals surface area contributed by atoms with Gasteiger partial charge < -0.3 is 9.47 Å². The Bertz CT molecular complexity index is 762. The number of hydrogen-bond donors (Lipinski definition) is 0. The van der Waals surface area contributed by atoms with Gasteiger partial charge in [0.05, 0.1) is 14.2 Å². The first-order valence-electron chi connectivity index (χ1n) is 8.91. The summed E-state index contributed by atoms with van der Waals surface area (Å²) >= 11 is 0. The lowest BCUT2D eigenvalue weighted by molar-refractivity contribution is 0.408. The maximum atomic E-state index is 5.57. The van der Waals surface area contributed by atoms with Gasteiger partial charge in [-0.25, -0.2) is 0 Å². The second kappa shape index (κ2) is 7.68. The van der Waals surface area contributed by atoms with Gasteiger partial charge >= 0.3 is 0 Å². The summed E-state index contributed by atoms with van der Waals surface area (Å²) in [6.45, 7) is 8.53. The van der Waals surface area contributed by atoms with Crippen LogP contribution in [-0.4, -0.2) is 19.9 Å². The Kier molecular flexibility index (Phi) is 5.53. The largest absolute Gasteiger partial charge is 0.496 e. The van der Waals surface area contributed by atoms with E-state index in [1.807, 2.05) is 0 Å². The van der Waals surface area contributed by atoms with Crippen LogP contribution < -0.4 is 20.1 Å². The Labute approximate surface area is 158 Å². The molecule has 0 atom stereocenters. The van der Waals surface area contributed by atoms with Crippen molar-refractivity contribution in [2.45, 2.75) is 33.4 Å². The van der Waals surface area contributed by atoms with E-state index in [0.717, 1.165) is 11.5 Å². The Morgan fingerprint density at radius 2 is 1.00 bits per heavy atom. The number of rotatable bonds is 5. The summed E-state index contributed by atoms with van der Waals surface area (Å²) in [4.78, 5) is 0. The standard InChI is InChI=1S/C23H27O2P/c1-15-11-20(12-16(2)22(15)24-5)26(19-9-7-8-10-19)21-13-17(3)23(25-6)18(4)14-21/h7-14,19H,1-6H3. The molecule has 0 aliphatic heterocycles. The first-order chi connectivity index (χ1) is 12.5. The molecular formula is C23H27O2P. The highest BCUT2D eigenvalue weighted by atomic mass is 31.1. The molecule has 3 heteroatoms. The molecule has 0 N–H and O–H groups in total. The minimum absolute atomic E-state index is 0.421. The third-order valence-corrected chi connectivity index (χ3v) is 7.45. The van der Waals surface area contributed by atoms with Crippen molar-refractivity contribution in [3.05, 3.63) is 70.8 Å². The van der Waals surface area contributed by atoms with Crippen LogP contribution in [0.4, 0.5) is 0 Å². The molecule has 0 saturated carbocycles. The van der Waals surface area contributed by atoms with Crippen LogP contribution in [0.5, 0.6) is 11.5 Å². The summed E-state index contributed by atoms with van der Waals surface area (Å²) in [5.41, 5.74) is 5.21. The molecule has 2 nitrogen and oxygen atoms in total. The van der Waals surface area contributed by atoms with Crippen LogP contribution in [0, 0.1) is 27.7 Å². The lowest BCUT2D eigenvalue weighted by atomic mass is 10.1. The number of benzene rings is 2. The summed E-state index contributed by atoms with van der Waals surface area (Å²) in [6, 6.07) is 9.19. The third kappa shape index (κ3) is 3.44. The zero-order valence-electron chi connectivity index (χ0n) is 16.5. The topological polar surface area (TPSA) is 18.5 Å². The van der Waals surface area contributed by atoms with Crippen molar-refractivity contribution >= 4 is 18.5 Å². The molecule has 0 radical (unpaired) electrons. The van der Waals surface area contributed by atoms with Crippen LogP contribution in [-0.2, 0) is 0 Å². The average molecular weight is 366 g/mol. The molecule has 0 amide bonds. The summed E-state index contributed by atoms with van der Waals surface area (Å²) in [5.74, 6) is 1.98. The molecule has 0 heterocycles. The zero-order valence-corrected chi connectivity index (χ0v) is 17.4. The minimum Gasteiger partial charge on any atom is -0.496 e. The fourth-order valence-electron chi connectivity index (χ4n) is 3.86. The Morgan fingerprint density at radius 3 is 1.31 bits per heavy atom. The minimum atomic E-state index is -0.536. The van der Waals surface area contributed by atoms with Gasteiger partial charge in [0.1, 0.15) is 11.5 Å². The van der Waals surface area contributed by atoms with Crippen LogP contribution in [0.3, 0.4) is 0 Å². The molecule has 0 saturated heterocycles. The molecule has 2 aromatic carbocycles. The number of allylic oxidation sites excluding steroid dienone is 4. The molecule has 0 spiro atoms. The number of ether oxygens (including phenoxy) is 2. The van der Waals surface area contributed by atoms with E-state index in [0.29, 0.717) is 5.66 Å². The van der Waals surface area contributed by atoms with Crippen LogP contribution in [0.1, 0.15) is 22.3 Å². The number of aryl methyl sites for hydroxylation is 4. The smallest absolute Gasteiger partial charge is 0.124 e. The Hall–Kier alpha value is -2.05. The predicted octanol–water partition coefficient (Wildman–Crippen LogP) is 4.86. The van der Waals surface area contributed by atoms with Gasteiger partial charge in [0.2, 0.25) is 0 Å². The second-order valence-corrected chi connectivity index (χ2v) is 9.23. The summed E-state index contributed by atoms with van der Waals surface area (Å²) in [5, 5.41) is 2.78. The molecule has 136 valence electrons. The monoisotopic (exact) mass is 366 g/mol. The van der Waals surface area contributed by atoms with Crippen molar-refractivity contribution in [1.29, 1.82) is 0 Å². The fraction of sp³-hybridized carbons (Fsp3) is 0.304. The highest BCUT2D eigenvalue weighted by Gasteiger charge is 2.25. The van der Waals surface area contributed by atoms with E-state index < -0.39 is 7.92 Å². The molecule has 1 aliphatic rings. The SMILES string of the molecule is COc1c(C)cc(P(c2cc(C)c(OC)c(C)c2)C2C=CC=C2)cc1C. The van der Waals surface area contributed by atoms with Crippen LogP contribution in [0.15, 0.2) is 48.6 Å². The Morgan fingerprint density at radius 1 is 0.654 bits per heavy atom. The van der Waals surface area contributed by atoms with Crippen molar-refractivity contribution in [2.24, 2.45) is 0 Å². The molecule has 1 aliphatic carbocycles. The van der Waals surface area contributed by atoms with Gasteiger partial charge in [-0.3, -0.25) is 0 Å². The summed E-state index contributed by atoms with van der Waals surface area (Å²) < 4.78 is 11.1. The molecule has 0 aromatic heterocycles. The maximum Gasteiger partial charge on any atom is 0.124 e. The maximum absolute atomic E-state index is 5.57. The van der Waals surface area contributed by atoms with Gasteiger partial charge in [-0.2, -0.15) is 0 Å². The molecule has 0 bridgehead atoms. The van der Waals surface area contributed by atoms with E-state index in [1.54, 1.807) is 14.2 Å². The van der Waals surface area contributed by atoms with Crippen molar-refractivity contribution < 1.29 is 9.47 Å². The van der Waals surface area contributed by atoms with E-state index in [2.05, 4.69) is 76.3 Å². The molecular weight excluding hydrogens is 339 g/mol. The first kappa shape index (κ1) is 18.7. The van der Waals surface area contributed by atoms with Gasteiger partial charge in [0.15, 0.2) is 0 Å². The highest BCUT2D eigenvalue weighted by Crippen LogP contribution is 2.44. The van der Waals surface area contributed by atoms with Gasteiger partial charge in [-0.1, -0.05) is 24.3 Å². The van der Waals surface area contributed by atoms with E-state index >= 15 is 0 Å². The van der Waals surface area contributed by atoms with Crippen molar-refractivity contribution in [3.8, 4) is 11.5 Å². The molecule has 2 aromatic rings. The average Bonchev–Trinajstić information content (AvgIpc) is 3.09. The Balaban J connectivity index is 2.16. The first-order valence-corrected chi connectivity index (χ1v) is 10.3. The number of hydrogen-bond acceptors (Lipinski definition) is 2. The van der Waals surface area contributed by atoms with E-state index in [-0.39, 0.29) is 0 Å². The van der Waals surface area contributed by atoms with Gasteiger partial charge in [-0.05, 0) is 92.7 Å². The molecule has 3 rings (SSSR count). The quantitative estimate of drug-likeness (QED) is 0.703. The zero-order chi connectivity index (χ0) is 18.8. The van der Waals surface area contributed by atoms with Gasteiger partial charge in [-0.15, -0.1) is 0 Å². The van der Waals surface area contributed by atoms with E-state index in [1.165, 1.54) is 32.9 Å². The van der Waals surface area contributed by atoms with E-state index in [9.17, 15) is 0 Å². The highest BCUT2D eigenvalue weighted by molar-refractivity contribution is 7.74. The van der Waals surface area contributed by atoms with Crippen LogP contribution >= 0.6 is 7.92 Å². The lowest BCUT2D eigenvalue weighted by Crippen LogP contribution is -2.20. The van der Waals surface area contributed by atoms with Crippen LogP contribution in [0.25, 0.3) is 0 Å². The van der Waals surface area contributed by atoms with Crippen molar-refractivity contribution in [3.63, 3.8) is 0 Å². The van der Waals surface area contributed by atoms with Crippen molar-refractivity contribution in [2.75, 3.05) is 14.2 Å². The second-order valence-electron chi connectivity index (χ2n) is 6.86. The fourth-order valence-corrected chi connectivity index (χ4v) is 6.72. The number of methoxy groups -OCH3 is 2. The van der Waals surface area contributed by atoms with Crippen LogP contribution in [0.2, 0.25) is 0 Å². The van der Waals surface area contributed by atoms with Gasteiger partial charge in [0.25, 0.3) is 0 Å². The van der Waals surface area contributed by atoms with Crippen molar-refractivity contribution in [1.82, 2.24) is 0 Å². The summed E-state index contributed by atoms with van der Waals surface area (Å²) in [6.07, 6.45) is 8.95. The third-order valence-electron chi connectivity index (χ3n) is 4.88. The van der Waals surface area contributed by atoms with E-state index in [4.69, 9.17) is 9.47 Å². The molecule has 0 unspecified atom stereocenters. The normalized spacial score (nSPS) is 13.7. The predicted molar refractivity (Wildman–Crippen MR) is 113 cm³/mol. The molecule has 26 heavy (non-hydrogen) atoms. The lowest BCUT2D eigenvalue weighted by Gasteiger charge is -2.26.